The lowest BCUT2D eigenvalue weighted by molar-refractivity contribution is 0.221. The van der Waals surface area contributed by atoms with Crippen LogP contribution in [0.5, 0.6) is 6.01 Å². The lowest BCUT2D eigenvalue weighted by Gasteiger charge is -2.23. The molecule has 0 saturated carbocycles. The summed E-state index contributed by atoms with van der Waals surface area (Å²) in [5.74, 6) is 0.864. The molecule has 0 atom stereocenters. The molecule has 0 saturated heterocycles. The van der Waals surface area contributed by atoms with E-state index in [-0.39, 0.29) is 17.4 Å². The average Bonchev–Trinajstić information content (AvgIpc) is 2.32. The number of anilines is 1. The molecule has 0 unspecified atom stereocenters. The Morgan fingerprint density at radius 1 is 1.25 bits per heavy atom. The van der Waals surface area contributed by atoms with Crippen LogP contribution in [0.15, 0.2) is 0 Å². The van der Waals surface area contributed by atoms with Gasteiger partial charge in [0.15, 0.2) is 0 Å². The van der Waals surface area contributed by atoms with Gasteiger partial charge in [-0.1, -0.05) is 13.8 Å². The quantitative estimate of drug-likeness (QED) is 0.770. The normalized spacial score (nSPS) is 10.7. The van der Waals surface area contributed by atoms with Crippen LogP contribution in [-0.4, -0.2) is 34.1 Å². The maximum Gasteiger partial charge on any atom is 0.322 e. The summed E-state index contributed by atoms with van der Waals surface area (Å²) in [6.45, 7) is 9.25. The second-order valence-electron chi connectivity index (χ2n) is 5.10. The van der Waals surface area contributed by atoms with Crippen molar-refractivity contribution in [3.05, 3.63) is 5.28 Å². The summed E-state index contributed by atoms with van der Waals surface area (Å²) in [5.41, 5.74) is 0. The second-order valence-corrected chi connectivity index (χ2v) is 5.44. The van der Waals surface area contributed by atoms with Crippen LogP contribution in [0, 0.1) is 17.2 Å². The predicted octanol–water partition coefficient (Wildman–Crippen LogP) is 2.69. The van der Waals surface area contributed by atoms with Crippen LogP contribution in [0.1, 0.15) is 34.1 Å². The fourth-order valence-electron chi connectivity index (χ4n) is 1.63. The highest BCUT2D eigenvalue weighted by molar-refractivity contribution is 6.28. The summed E-state index contributed by atoms with van der Waals surface area (Å²) in [6.07, 6.45) is 0.357. The van der Waals surface area contributed by atoms with E-state index < -0.39 is 0 Å². The largest absolute Gasteiger partial charge is 0.461 e. The Hall–Kier alpha value is -1.61. The standard InChI is InChI=1S/C13H20ClN5O/c1-9(2)8-19(7-5-6-15)12-16-11(14)17-13(18-12)20-10(3)4/h9-10H,5,7-8H2,1-4H3. The number of hydrogen-bond acceptors (Lipinski definition) is 6. The topological polar surface area (TPSA) is 74.9 Å². The predicted molar refractivity (Wildman–Crippen MR) is 77.9 cm³/mol. The zero-order valence-corrected chi connectivity index (χ0v) is 13.1. The molecule has 0 fully saturated rings. The number of hydrogen-bond donors (Lipinski definition) is 0. The van der Waals surface area contributed by atoms with Gasteiger partial charge in [0.25, 0.3) is 0 Å². The molecule has 0 aliphatic carbocycles. The van der Waals surface area contributed by atoms with Crippen molar-refractivity contribution in [1.82, 2.24) is 15.0 Å². The number of aromatic nitrogens is 3. The van der Waals surface area contributed by atoms with Crippen LogP contribution in [-0.2, 0) is 0 Å². The van der Waals surface area contributed by atoms with Crippen LogP contribution in [0.3, 0.4) is 0 Å². The molecule has 0 amide bonds. The third-order valence-electron chi connectivity index (χ3n) is 2.28. The highest BCUT2D eigenvalue weighted by atomic mass is 35.5. The lowest BCUT2D eigenvalue weighted by atomic mass is 10.2. The molecule has 1 heterocycles. The van der Waals surface area contributed by atoms with Crippen LogP contribution < -0.4 is 9.64 Å². The third-order valence-corrected chi connectivity index (χ3v) is 2.45. The monoisotopic (exact) mass is 297 g/mol. The Balaban J connectivity index is 2.99. The summed E-state index contributed by atoms with van der Waals surface area (Å²) in [5, 5.41) is 8.84. The van der Waals surface area contributed by atoms with E-state index >= 15 is 0 Å². The van der Waals surface area contributed by atoms with Crippen molar-refractivity contribution in [3.63, 3.8) is 0 Å². The lowest BCUT2D eigenvalue weighted by Crippen LogP contribution is -2.30. The maximum absolute atomic E-state index is 8.74. The first-order chi connectivity index (χ1) is 9.42. The van der Waals surface area contributed by atoms with Crippen molar-refractivity contribution in [1.29, 1.82) is 5.26 Å². The van der Waals surface area contributed by atoms with Crippen LogP contribution in [0.2, 0.25) is 5.28 Å². The number of nitrogens with zero attached hydrogens (tertiary/aromatic N) is 5. The molecule has 1 aromatic rings. The Morgan fingerprint density at radius 2 is 1.95 bits per heavy atom. The van der Waals surface area contributed by atoms with E-state index in [9.17, 15) is 0 Å². The van der Waals surface area contributed by atoms with Gasteiger partial charge in [0, 0.05) is 13.1 Å². The first-order valence-electron chi connectivity index (χ1n) is 6.62. The second kappa shape index (κ2) is 7.85. The van der Waals surface area contributed by atoms with Gasteiger partial charge in [-0.05, 0) is 31.4 Å². The molecule has 0 radical (unpaired) electrons. The van der Waals surface area contributed by atoms with E-state index in [0.717, 1.165) is 6.54 Å². The molecular weight excluding hydrogens is 278 g/mol. The Kier molecular flexibility index (Phi) is 6.46. The summed E-state index contributed by atoms with van der Waals surface area (Å²) in [4.78, 5) is 14.3. The summed E-state index contributed by atoms with van der Waals surface area (Å²) in [7, 11) is 0. The van der Waals surface area contributed by atoms with E-state index in [1.165, 1.54) is 0 Å². The van der Waals surface area contributed by atoms with E-state index in [2.05, 4.69) is 34.9 Å². The number of halogens is 1. The van der Waals surface area contributed by atoms with Gasteiger partial charge in [-0.15, -0.1) is 0 Å². The van der Waals surface area contributed by atoms with Crippen molar-refractivity contribution in [2.75, 3.05) is 18.0 Å². The van der Waals surface area contributed by atoms with Gasteiger partial charge >= 0.3 is 6.01 Å². The summed E-state index contributed by atoms with van der Waals surface area (Å²) < 4.78 is 5.46. The van der Waals surface area contributed by atoms with Crippen molar-refractivity contribution in [2.45, 2.75) is 40.2 Å². The number of ether oxygens (including phenoxy) is 1. The van der Waals surface area contributed by atoms with Crippen molar-refractivity contribution in [2.24, 2.45) is 5.92 Å². The summed E-state index contributed by atoms with van der Waals surface area (Å²) in [6, 6.07) is 2.33. The molecule has 0 aromatic carbocycles. The van der Waals surface area contributed by atoms with Gasteiger partial charge in [-0.3, -0.25) is 0 Å². The van der Waals surface area contributed by atoms with Gasteiger partial charge in [-0.25, -0.2) is 0 Å². The van der Waals surface area contributed by atoms with Gasteiger partial charge < -0.3 is 9.64 Å². The third kappa shape index (κ3) is 5.57. The molecule has 110 valence electrons. The fourth-order valence-corrected chi connectivity index (χ4v) is 1.77. The van der Waals surface area contributed by atoms with Gasteiger partial charge in [0.2, 0.25) is 11.2 Å². The maximum atomic E-state index is 8.74. The zero-order chi connectivity index (χ0) is 15.1. The van der Waals surface area contributed by atoms with Gasteiger partial charge in [-0.2, -0.15) is 20.2 Å². The minimum absolute atomic E-state index is 0.0426. The Labute approximate surface area is 124 Å². The van der Waals surface area contributed by atoms with E-state index in [0.29, 0.717) is 24.8 Å². The highest BCUT2D eigenvalue weighted by Gasteiger charge is 2.15. The molecule has 6 nitrogen and oxygen atoms in total. The Bertz CT molecular complexity index is 472. The molecule has 0 aliphatic heterocycles. The molecule has 1 rings (SSSR count). The number of nitriles is 1. The molecule has 1 aromatic heterocycles. The molecule has 7 heteroatoms. The molecule has 20 heavy (non-hydrogen) atoms. The van der Waals surface area contributed by atoms with Crippen molar-refractivity contribution in [3.8, 4) is 12.1 Å². The van der Waals surface area contributed by atoms with E-state index in [1.807, 2.05) is 18.7 Å². The highest BCUT2D eigenvalue weighted by Crippen LogP contribution is 2.17. The first-order valence-corrected chi connectivity index (χ1v) is 7.00. The molecular formula is C13H20ClN5O. The molecule has 0 spiro atoms. The minimum Gasteiger partial charge on any atom is -0.461 e. The SMILES string of the molecule is CC(C)CN(CCC#N)c1nc(Cl)nc(OC(C)C)n1. The molecule has 0 aliphatic rings. The average molecular weight is 298 g/mol. The smallest absolute Gasteiger partial charge is 0.322 e. The number of rotatable bonds is 7. The first kappa shape index (κ1) is 16.4. The van der Waals surface area contributed by atoms with E-state index in [1.54, 1.807) is 0 Å². The van der Waals surface area contributed by atoms with Gasteiger partial charge in [0.1, 0.15) is 0 Å². The van der Waals surface area contributed by atoms with E-state index in [4.69, 9.17) is 21.6 Å². The van der Waals surface area contributed by atoms with Crippen LogP contribution in [0.4, 0.5) is 5.95 Å². The van der Waals surface area contributed by atoms with Crippen LogP contribution >= 0.6 is 11.6 Å². The van der Waals surface area contributed by atoms with Crippen molar-refractivity contribution < 1.29 is 4.74 Å². The Morgan fingerprint density at radius 3 is 2.50 bits per heavy atom. The zero-order valence-electron chi connectivity index (χ0n) is 12.3. The van der Waals surface area contributed by atoms with Crippen LogP contribution in [0.25, 0.3) is 0 Å². The van der Waals surface area contributed by atoms with Crippen molar-refractivity contribution >= 4 is 17.5 Å². The molecule has 0 bridgehead atoms. The fraction of sp³-hybridized carbons (Fsp3) is 0.692. The molecule has 0 N–H and O–H groups in total. The van der Waals surface area contributed by atoms with Gasteiger partial charge in [0.05, 0.1) is 18.6 Å². The minimum atomic E-state index is -0.0426. The summed E-state index contributed by atoms with van der Waals surface area (Å²) >= 11 is 5.91.